The highest BCUT2D eigenvalue weighted by Gasteiger charge is 2.30. The molecule has 0 unspecified atom stereocenters. The molecule has 0 saturated carbocycles. The predicted molar refractivity (Wildman–Crippen MR) is 48.9 cm³/mol. The Kier molecular flexibility index (Phi) is 3.37. The second kappa shape index (κ2) is 4.33. The van der Waals surface area contributed by atoms with E-state index in [1.165, 1.54) is 12.1 Å². The lowest BCUT2D eigenvalue weighted by atomic mass is 10.1. The summed E-state index contributed by atoms with van der Waals surface area (Å²) in [6, 6.07) is 7.85. The quantitative estimate of drug-likeness (QED) is 0.759. The van der Waals surface area contributed by atoms with Crippen molar-refractivity contribution < 1.29 is 8.78 Å². The minimum atomic E-state index is -2.77. The Labute approximate surface area is 76.8 Å². The molecule has 1 aromatic carbocycles. The predicted octanol–water partition coefficient (Wildman–Crippen LogP) is 2.39. The van der Waals surface area contributed by atoms with Crippen molar-refractivity contribution in [1.29, 1.82) is 0 Å². The summed E-state index contributed by atoms with van der Waals surface area (Å²) in [6.45, 7) is 2.07. The molecule has 0 aliphatic carbocycles. The van der Waals surface area contributed by atoms with Crippen LogP contribution in [0.4, 0.5) is 8.78 Å². The maximum atomic E-state index is 13.3. The van der Waals surface area contributed by atoms with Gasteiger partial charge < -0.3 is 5.32 Å². The van der Waals surface area contributed by atoms with E-state index < -0.39 is 5.92 Å². The molecule has 1 N–H and O–H groups in total. The third kappa shape index (κ3) is 2.77. The minimum Gasteiger partial charge on any atom is -0.311 e. The van der Waals surface area contributed by atoms with Gasteiger partial charge in [-0.25, -0.2) is 0 Å². The molecule has 0 atom stereocenters. The van der Waals surface area contributed by atoms with Gasteiger partial charge in [-0.3, -0.25) is 0 Å². The molecule has 0 bridgehead atoms. The number of halogens is 2. The zero-order chi connectivity index (χ0) is 9.73. The van der Waals surface area contributed by atoms with E-state index in [2.05, 4.69) is 5.32 Å². The van der Waals surface area contributed by atoms with Gasteiger partial charge in [0.05, 0.1) is 6.54 Å². The SMILES string of the molecule is CCNCC(F)(F)c1ccccc1. The van der Waals surface area contributed by atoms with Crippen molar-refractivity contribution in [2.75, 3.05) is 13.1 Å². The smallest absolute Gasteiger partial charge is 0.285 e. The van der Waals surface area contributed by atoms with Gasteiger partial charge >= 0.3 is 0 Å². The summed E-state index contributed by atoms with van der Waals surface area (Å²) in [7, 11) is 0. The number of nitrogens with one attached hydrogen (secondary N) is 1. The zero-order valence-electron chi connectivity index (χ0n) is 7.56. The summed E-state index contributed by atoms with van der Waals surface area (Å²) in [5.41, 5.74) is 0.0657. The fourth-order valence-corrected chi connectivity index (χ4v) is 1.07. The van der Waals surface area contributed by atoms with Crippen molar-refractivity contribution in [3.8, 4) is 0 Å². The molecule has 0 radical (unpaired) electrons. The molecule has 0 spiro atoms. The van der Waals surface area contributed by atoms with Gasteiger partial charge in [0.25, 0.3) is 5.92 Å². The number of benzene rings is 1. The molecule has 1 aromatic rings. The molecule has 0 aliphatic heterocycles. The van der Waals surface area contributed by atoms with E-state index in [1.54, 1.807) is 25.1 Å². The number of rotatable bonds is 4. The molecule has 72 valence electrons. The number of hydrogen-bond acceptors (Lipinski definition) is 1. The van der Waals surface area contributed by atoms with Crippen LogP contribution in [0.15, 0.2) is 30.3 Å². The molecule has 0 fully saturated rings. The van der Waals surface area contributed by atoms with Crippen LogP contribution in [0, 0.1) is 0 Å². The van der Waals surface area contributed by atoms with Crippen LogP contribution in [0.5, 0.6) is 0 Å². The van der Waals surface area contributed by atoms with Gasteiger partial charge in [0.2, 0.25) is 0 Å². The van der Waals surface area contributed by atoms with Gasteiger partial charge in [0.1, 0.15) is 0 Å². The third-order valence-electron chi connectivity index (χ3n) is 1.79. The van der Waals surface area contributed by atoms with E-state index in [0.29, 0.717) is 6.54 Å². The van der Waals surface area contributed by atoms with Gasteiger partial charge in [0, 0.05) is 5.56 Å². The van der Waals surface area contributed by atoms with Gasteiger partial charge in [0.15, 0.2) is 0 Å². The number of likely N-dealkylation sites (N-methyl/N-ethyl adjacent to an activating group) is 1. The van der Waals surface area contributed by atoms with Gasteiger partial charge in [-0.15, -0.1) is 0 Å². The van der Waals surface area contributed by atoms with Crippen LogP contribution in [-0.2, 0) is 5.92 Å². The lowest BCUT2D eigenvalue weighted by Gasteiger charge is -2.16. The first-order valence-corrected chi connectivity index (χ1v) is 4.31. The average Bonchev–Trinajstić information content (AvgIpc) is 2.16. The summed E-state index contributed by atoms with van der Waals surface area (Å²) < 4.78 is 26.6. The Morgan fingerprint density at radius 3 is 2.38 bits per heavy atom. The molecule has 0 aromatic heterocycles. The maximum absolute atomic E-state index is 13.3. The molecule has 0 aliphatic rings. The summed E-state index contributed by atoms with van der Waals surface area (Å²) >= 11 is 0. The fraction of sp³-hybridized carbons (Fsp3) is 0.400. The number of hydrogen-bond donors (Lipinski definition) is 1. The minimum absolute atomic E-state index is 0.0657. The van der Waals surface area contributed by atoms with Gasteiger partial charge in [-0.05, 0) is 6.54 Å². The first-order chi connectivity index (χ1) is 6.17. The van der Waals surface area contributed by atoms with E-state index in [9.17, 15) is 8.78 Å². The van der Waals surface area contributed by atoms with Crippen LogP contribution >= 0.6 is 0 Å². The van der Waals surface area contributed by atoms with Crippen LogP contribution in [0.2, 0.25) is 0 Å². The lowest BCUT2D eigenvalue weighted by Crippen LogP contribution is -2.30. The monoisotopic (exact) mass is 185 g/mol. The molecule has 0 saturated heterocycles. The van der Waals surface area contributed by atoms with Crippen molar-refractivity contribution in [2.45, 2.75) is 12.8 Å². The summed E-state index contributed by atoms with van der Waals surface area (Å²) in [5.74, 6) is -2.77. The molecule has 3 heteroatoms. The molecular weight excluding hydrogens is 172 g/mol. The maximum Gasteiger partial charge on any atom is 0.285 e. The lowest BCUT2D eigenvalue weighted by molar-refractivity contribution is -0.00260. The Balaban J connectivity index is 2.69. The first kappa shape index (κ1) is 10.1. The van der Waals surface area contributed by atoms with Crippen molar-refractivity contribution >= 4 is 0 Å². The van der Waals surface area contributed by atoms with Gasteiger partial charge in [-0.2, -0.15) is 8.78 Å². The topological polar surface area (TPSA) is 12.0 Å². The normalized spacial score (nSPS) is 11.6. The molecule has 0 amide bonds. The van der Waals surface area contributed by atoms with Crippen LogP contribution in [0.3, 0.4) is 0 Å². The Morgan fingerprint density at radius 2 is 1.85 bits per heavy atom. The molecule has 13 heavy (non-hydrogen) atoms. The highest BCUT2D eigenvalue weighted by molar-refractivity contribution is 5.20. The largest absolute Gasteiger partial charge is 0.311 e. The molecule has 1 nitrogen and oxygen atoms in total. The highest BCUT2D eigenvalue weighted by atomic mass is 19.3. The first-order valence-electron chi connectivity index (χ1n) is 4.31. The van der Waals surface area contributed by atoms with E-state index in [0.717, 1.165) is 0 Å². The van der Waals surface area contributed by atoms with Crippen LogP contribution in [-0.4, -0.2) is 13.1 Å². The van der Waals surface area contributed by atoms with E-state index in [1.807, 2.05) is 0 Å². The summed E-state index contributed by atoms with van der Waals surface area (Å²) in [4.78, 5) is 0. The third-order valence-corrected chi connectivity index (χ3v) is 1.79. The molecular formula is C10H13F2N. The molecule has 1 rings (SSSR count). The second-order valence-corrected chi connectivity index (χ2v) is 2.85. The Bertz CT molecular complexity index is 246. The zero-order valence-corrected chi connectivity index (χ0v) is 7.56. The number of alkyl halides is 2. The fourth-order valence-electron chi connectivity index (χ4n) is 1.07. The van der Waals surface area contributed by atoms with Crippen LogP contribution in [0.25, 0.3) is 0 Å². The summed E-state index contributed by atoms with van der Waals surface area (Å²) in [6.07, 6.45) is 0. The Morgan fingerprint density at radius 1 is 1.23 bits per heavy atom. The van der Waals surface area contributed by atoms with E-state index in [-0.39, 0.29) is 12.1 Å². The van der Waals surface area contributed by atoms with Crippen LogP contribution in [0.1, 0.15) is 12.5 Å². The Hall–Kier alpha value is -0.960. The highest BCUT2D eigenvalue weighted by Crippen LogP contribution is 2.26. The van der Waals surface area contributed by atoms with Crippen LogP contribution < -0.4 is 5.32 Å². The van der Waals surface area contributed by atoms with Crippen molar-refractivity contribution in [3.05, 3.63) is 35.9 Å². The van der Waals surface area contributed by atoms with Crippen molar-refractivity contribution in [1.82, 2.24) is 5.32 Å². The van der Waals surface area contributed by atoms with Crippen molar-refractivity contribution in [3.63, 3.8) is 0 Å². The molecule has 0 heterocycles. The van der Waals surface area contributed by atoms with E-state index >= 15 is 0 Å². The van der Waals surface area contributed by atoms with E-state index in [4.69, 9.17) is 0 Å². The standard InChI is InChI=1S/C10H13F2N/c1-2-13-8-10(11,12)9-6-4-3-5-7-9/h3-7,13H,2,8H2,1H3. The van der Waals surface area contributed by atoms with Crippen molar-refractivity contribution in [2.24, 2.45) is 0 Å². The average molecular weight is 185 g/mol. The van der Waals surface area contributed by atoms with Gasteiger partial charge in [-0.1, -0.05) is 37.3 Å². The second-order valence-electron chi connectivity index (χ2n) is 2.85. The summed E-state index contributed by atoms with van der Waals surface area (Å²) in [5, 5.41) is 2.64.